The lowest BCUT2D eigenvalue weighted by Crippen LogP contribution is -2.18. The number of benzene rings is 2. The van der Waals surface area contributed by atoms with Crippen molar-refractivity contribution in [2.24, 2.45) is 5.10 Å². The monoisotopic (exact) mass is 464 g/mol. The summed E-state index contributed by atoms with van der Waals surface area (Å²) in [5.41, 5.74) is 3.01. The van der Waals surface area contributed by atoms with E-state index >= 15 is 0 Å². The van der Waals surface area contributed by atoms with Crippen LogP contribution in [0.4, 0.5) is 0 Å². The van der Waals surface area contributed by atoms with Gasteiger partial charge in [0.2, 0.25) is 0 Å². The van der Waals surface area contributed by atoms with Crippen LogP contribution in [0.3, 0.4) is 0 Å². The van der Waals surface area contributed by atoms with Crippen molar-refractivity contribution in [2.45, 2.75) is 0 Å². The van der Waals surface area contributed by atoms with Crippen LogP contribution in [0.25, 0.3) is 0 Å². The minimum atomic E-state index is -0.555. The second-order valence-electron chi connectivity index (χ2n) is 4.15. The van der Waals surface area contributed by atoms with Gasteiger partial charge >= 0.3 is 0 Å². The van der Waals surface area contributed by atoms with Crippen LogP contribution < -0.4 is 5.43 Å². The van der Waals surface area contributed by atoms with Crippen molar-refractivity contribution in [3.63, 3.8) is 0 Å². The van der Waals surface area contributed by atoms with Crippen molar-refractivity contribution in [2.75, 3.05) is 0 Å². The number of phenols is 1. The SMILES string of the molecule is O=C(N/N=C/c1ccc(Cl)cc1Cl)c1cc(Br)cc(Br)c1O. The molecule has 0 saturated heterocycles. The van der Waals surface area contributed by atoms with E-state index in [9.17, 15) is 9.90 Å². The Kier molecular flexibility index (Phi) is 5.86. The lowest BCUT2D eigenvalue weighted by atomic mass is 10.2. The number of halogens is 4. The van der Waals surface area contributed by atoms with Crippen LogP contribution in [-0.2, 0) is 0 Å². The van der Waals surface area contributed by atoms with Gasteiger partial charge in [-0.1, -0.05) is 45.2 Å². The number of hydrogen-bond donors (Lipinski definition) is 2. The molecule has 0 aromatic heterocycles. The summed E-state index contributed by atoms with van der Waals surface area (Å²) in [6, 6.07) is 8.02. The summed E-state index contributed by atoms with van der Waals surface area (Å²) in [6.07, 6.45) is 1.39. The Labute approximate surface area is 153 Å². The Morgan fingerprint density at radius 2 is 1.95 bits per heavy atom. The molecule has 2 rings (SSSR count). The van der Waals surface area contributed by atoms with Gasteiger partial charge in [-0.05, 0) is 40.2 Å². The fourth-order valence-corrected chi connectivity index (χ4v) is 3.25. The van der Waals surface area contributed by atoms with E-state index < -0.39 is 5.91 Å². The second-order valence-corrected chi connectivity index (χ2v) is 6.76. The van der Waals surface area contributed by atoms with E-state index in [0.717, 1.165) is 0 Å². The molecule has 0 atom stereocenters. The number of nitrogens with one attached hydrogen (secondary N) is 1. The molecule has 0 saturated carbocycles. The van der Waals surface area contributed by atoms with E-state index in [0.29, 0.717) is 24.6 Å². The molecular formula is C14H8Br2Cl2N2O2. The zero-order valence-electron chi connectivity index (χ0n) is 10.8. The highest BCUT2D eigenvalue weighted by Gasteiger charge is 2.14. The predicted octanol–water partition coefficient (Wildman–Crippen LogP) is 4.99. The normalized spacial score (nSPS) is 10.9. The summed E-state index contributed by atoms with van der Waals surface area (Å²) in [6.45, 7) is 0. The topological polar surface area (TPSA) is 61.7 Å². The van der Waals surface area contributed by atoms with Gasteiger partial charge in [-0.3, -0.25) is 4.79 Å². The lowest BCUT2D eigenvalue weighted by molar-refractivity contribution is 0.0952. The van der Waals surface area contributed by atoms with Gasteiger partial charge in [0.05, 0.1) is 21.3 Å². The van der Waals surface area contributed by atoms with Crippen LogP contribution in [0, 0.1) is 0 Å². The lowest BCUT2D eigenvalue weighted by Gasteiger charge is -2.06. The number of hydrogen-bond acceptors (Lipinski definition) is 3. The molecule has 0 aliphatic heterocycles. The summed E-state index contributed by atoms with van der Waals surface area (Å²) in [4.78, 5) is 12.0. The van der Waals surface area contributed by atoms with E-state index in [1.165, 1.54) is 12.3 Å². The Balaban J connectivity index is 2.15. The quantitative estimate of drug-likeness (QED) is 0.494. The zero-order chi connectivity index (χ0) is 16.3. The number of carbonyl (C=O) groups is 1. The van der Waals surface area contributed by atoms with Gasteiger partial charge in [0.25, 0.3) is 5.91 Å². The molecule has 0 unspecified atom stereocenters. The first-order valence-electron chi connectivity index (χ1n) is 5.85. The molecule has 2 N–H and O–H groups in total. The summed E-state index contributed by atoms with van der Waals surface area (Å²) < 4.78 is 1.05. The van der Waals surface area contributed by atoms with Gasteiger partial charge in [0, 0.05) is 15.1 Å². The van der Waals surface area contributed by atoms with Gasteiger partial charge in [-0.25, -0.2) is 5.43 Å². The summed E-state index contributed by atoms with van der Waals surface area (Å²) in [5.74, 6) is -0.721. The largest absolute Gasteiger partial charge is 0.506 e. The first-order chi connectivity index (χ1) is 10.4. The maximum Gasteiger partial charge on any atom is 0.275 e. The number of phenolic OH excluding ortho intramolecular Hbond substituents is 1. The number of aromatic hydroxyl groups is 1. The van der Waals surface area contributed by atoms with Crippen LogP contribution in [0.1, 0.15) is 15.9 Å². The number of rotatable bonds is 3. The summed E-state index contributed by atoms with van der Waals surface area (Å²) in [7, 11) is 0. The third-order valence-electron chi connectivity index (χ3n) is 2.61. The number of amides is 1. The molecule has 2 aromatic carbocycles. The van der Waals surface area contributed by atoms with Crippen LogP contribution in [0.5, 0.6) is 5.75 Å². The van der Waals surface area contributed by atoms with E-state index in [4.69, 9.17) is 23.2 Å². The van der Waals surface area contributed by atoms with Crippen LogP contribution in [0.15, 0.2) is 44.4 Å². The molecule has 0 aliphatic rings. The van der Waals surface area contributed by atoms with Crippen molar-refractivity contribution in [1.82, 2.24) is 5.43 Å². The highest BCUT2D eigenvalue weighted by Crippen LogP contribution is 2.31. The molecule has 8 heteroatoms. The zero-order valence-corrected chi connectivity index (χ0v) is 15.5. The second kappa shape index (κ2) is 7.46. The minimum absolute atomic E-state index is 0.0839. The standard InChI is InChI=1S/C14H8Br2Cl2N2O2/c15-8-3-10(13(21)11(16)4-8)14(22)20-19-6-7-1-2-9(17)5-12(7)18/h1-6,21H,(H,20,22)/b19-6+. The van der Waals surface area contributed by atoms with Crippen molar-refractivity contribution in [1.29, 1.82) is 0 Å². The van der Waals surface area contributed by atoms with Gasteiger partial charge in [-0.15, -0.1) is 0 Å². The maximum absolute atomic E-state index is 12.0. The van der Waals surface area contributed by atoms with Crippen molar-refractivity contribution < 1.29 is 9.90 Å². The van der Waals surface area contributed by atoms with Gasteiger partial charge < -0.3 is 5.11 Å². The predicted molar refractivity (Wildman–Crippen MR) is 95.0 cm³/mol. The first-order valence-corrected chi connectivity index (χ1v) is 8.19. The Morgan fingerprint density at radius 3 is 2.64 bits per heavy atom. The Hall–Kier alpha value is -1.08. The molecule has 22 heavy (non-hydrogen) atoms. The molecule has 0 radical (unpaired) electrons. The van der Waals surface area contributed by atoms with Crippen molar-refractivity contribution in [3.8, 4) is 5.75 Å². The average Bonchev–Trinajstić information content (AvgIpc) is 2.45. The molecule has 1 amide bonds. The Bertz CT molecular complexity index is 767. The number of nitrogens with zero attached hydrogens (tertiary/aromatic N) is 1. The van der Waals surface area contributed by atoms with E-state index in [1.807, 2.05) is 0 Å². The highest BCUT2D eigenvalue weighted by molar-refractivity contribution is 9.11. The van der Waals surface area contributed by atoms with Gasteiger partial charge in [0.1, 0.15) is 5.75 Å². The molecule has 2 aromatic rings. The van der Waals surface area contributed by atoms with E-state index in [2.05, 4.69) is 42.4 Å². The van der Waals surface area contributed by atoms with Crippen LogP contribution in [-0.4, -0.2) is 17.2 Å². The first kappa shape index (κ1) is 17.3. The maximum atomic E-state index is 12.0. The molecule has 114 valence electrons. The van der Waals surface area contributed by atoms with Gasteiger partial charge in [0.15, 0.2) is 0 Å². The molecule has 0 fully saturated rings. The fourth-order valence-electron chi connectivity index (χ4n) is 1.57. The van der Waals surface area contributed by atoms with Crippen LogP contribution in [0.2, 0.25) is 10.0 Å². The molecule has 0 bridgehead atoms. The molecule has 0 spiro atoms. The molecule has 0 heterocycles. The molecule has 0 aliphatic carbocycles. The minimum Gasteiger partial charge on any atom is -0.506 e. The van der Waals surface area contributed by atoms with Crippen LogP contribution >= 0.6 is 55.1 Å². The molecular weight excluding hydrogens is 459 g/mol. The van der Waals surface area contributed by atoms with Crippen molar-refractivity contribution in [3.05, 3.63) is 60.4 Å². The average molecular weight is 467 g/mol. The fraction of sp³-hybridized carbons (Fsp3) is 0. The van der Waals surface area contributed by atoms with Gasteiger partial charge in [-0.2, -0.15) is 5.10 Å². The highest BCUT2D eigenvalue weighted by atomic mass is 79.9. The van der Waals surface area contributed by atoms with E-state index in [-0.39, 0.29) is 11.3 Å². The number of carbonyl (C=O) groups excluding carboxylic acids is 1. The summed E-state index contributed by atoms with van der Waals surface area (Å²) in [5, 5.41) is 14.6. The third kappa shape index (κ3) is 4.23. The van der Waals surface area contributed by atoms with E-state index in [1.54, 1.807) is 24.3 Å². The number of hydrazone groups is 1. The summed E-state index contributed by atoms with van der Waals surface area (Å²) >= 11 is 18.2. The Morgan fingerprint density at radius 1 is 1.23 bits per heavy atom. The third-order valence-corrected chi connectivity index (χ3v) is 4.23. The van der Waals surface area contributed by atoms with Crippen molar-refractivity contribution >= 4 is 67.2 Å². The molecule has 4 nitrogen and oxygen atoms in total. The smallest absolute Gasteiger partial charge is 0.275 e.